The molecule has 0 nitrogen and oxygen atoms in total. The molecule has 0 heterocycles. The highest BCUT2D eigenvalue weighted by Crippen LogP contribution is 2.19. The van der Waals surface area contributed by atoms with E-state index in [1.165, 1.54) is 11.1 Å². The summed E-state index contributed by atoms with van der Waals surface area (Å²) >= 11 is 5.74. The third kappa shape index (κ3) is 2.36. The summed E-state index contributed by atoms with van der Waals surface area (Å²) < 4.78 is 0. The summed E-state index contributed by atoms with van der Waals surface area (Å²) in [7, 11) is 0.497. The first kappa shape index (κ1) is 9.81. The molecule has 0 aliphatic carbocycles. The fourth-order valence-electron chi connectivity index (χ4n) is 1.33. The van der Waals surface area contributed by atoms with Crippen LogP contribution in [0.15, 0.2) is 24.3 Å². The molecular weight excluding hydrogens is 184 g/mol. The predicted octanol–water partition coefficient (Wildman–Crippen LogP) is 3.17. The highest BCUT2D eigenvalue weighted by molar-refractivity contribution is 6.93. The molecule has 0 aliphatic rings. The molecule has 0 aromatic heterocycles. The van der Waals surface area contributed by atoms with E-state index in [0.29, 0.717) is 14.7 Å². The molecule has 0 amide bonds. The molecule has 0 saturated heterocycles. The van der Waals surface area contributed by atoms with Crippen molar-refractivity contribution >= 4 is 19.9 Å². The zero-order valence-electron chi connectivity index (χ0n) is 7.47. The molecule has 1 aromatic rings. The third-order valence-corrected chi connectivity index (χ3v) is 2.85. The van der Waals surface area contributed by atoms with Gasteiger partial charge in [-0.05, 0) is 23.1 Å². The van der Waals surface area contributed by atoms with Crippen LogP contribution in [0.3, 0.4) is 0 Å². The standard InChI is InChI=1S/C10H13ClSi/c1-8(2)10-6-4-3-5-9(10)7-12-11/h3-6,8H,7H2,1-2H3. The lowest BCUT2D eigenvalue weighted by molar-refractivity contribution is 0.854. The second-order valence-electron chi connectivity index (χ2n) is 3.16. The monoisotopic (exact) mass is 196 g/mol. The second kappa shape index (κ2) is 4.68. The van der Waals surface area contributed by atoms with Gasteiger partial charge < -0.3 is 0 Å². The van der Waals surface area contributed by atoms with E-state index in [1.54, 1.807) is 0 Å². The molecule has 1 aromatic carbocycles. The van der Waals surface area contributed by atoms with Gasteiger partial charge in [0, 0.05) is 0 Å². The lowest BCUT2D eigenvalue weighted by Crippen LogP contribution is -1.98. The van der Waals surface area contributed by atoms with Crippen LogP contribution in [0.25, 0.3) is 0 Å². The van der Waals surface area contributed by atoms with E-state index in [4.69, 9.17) is 11.1 Å². The fourth-order valence-corrected chi connectivity index (χ4v) is 2.23. The van der Waals surface area contributed by atoms with Crippen LogP contribution in [-0.2, 0) is 6.04 Å². The van der Waals surface area contributed by atoms with Crippen molar-refractivity contribution in [1.82, 2.24) is 0 Å². The molecule has 0 bridgehead atoms. The first-order valence-electron chi connectivity index (χ1n) is 4.17. The van der Waals surface area contributed by atoms with Gasteiger partial charge in [0.1, 0.15) is 0 Å². The van der Waals surface area contributed by atoms with E-state index in [0.717, 1.165) is 6.04 Å². The lowest BCUT2D eigenvalue weighted by Gasteiger charge is -2.10. The molecule has 12 heavy (non-hydrogen) atoms. The Labute approximate surface area is 81.5 Å². The first-order valence-corrected chi connectivity index (χ1v) is 6.39. The maximum Gasteiger partial charge on any atom is 0.176 e. The molecule has 0 saturated carbocycles. The summed E-state index contributed by atoms with van der Waals surface area (Å²) in [4.78, 5) is 0. The number of benzene rings is 1. The van der Waals surface area contributed by atoms with Gasteiger partial charge >= 0.3 is 0 Å². The fraction of sp³-hybridized carbons (Fsp3) is 0.400. The minimum absolute atomic E-state index is 0.497. The average Bonchev–Trinajstić information content (AvgIpc) is 2.05. The lowest BCUT2D eigenvalue weighted by atomic mass is 9.98. The molecule has 0 spiro atoms. The van der Waals surface area contributed by atoms with Crippen LogP contribution in [0.5, 0.6) is 0 Å². The van der Waals surface area contributed by atoms with Crippen LogP contribution in [0.1, 0.15) is 30.9 Å². The Balaban J connectivity index is 2.92. The van der Waals surface area contributed by atoms with Crippen LogP contribution in [0.4, 0.5) is 0 Å². The van der Waals surface area contributed by atoms with Crippen molar-refractivity contribution in [3.05, 3.63) is 35.4 Å². The molecular formula is C10H13ClSi. The SMILES string of the molecule is CC(C)c1ccccc1C[Si]Cl. The zero-order chi connectivity index (χ0) is 8.97. The summed E-state index contributed by atoms with van der Waals surface area (Å²) in [6.07, 6.45) is 0. The van der Waals surface area contributed by atoms with Gasteiger partial charge in [0.25, 0.3) is 0 Å². The maximum atomic E-state index is 5.74. The minimum Gasteiger partial charge on any atom is -0.171 e. The molecule has 0 unspecified atom stereocenters. The van der Waals surface area contributed by atoms with Crippen molar-refractivity contribution in [3.8, 4) is 0 Å². The molecule has 0 aliphatic heterocycles. The number of rotatable bonds is 3. The maximum absolute atomic E-state index is 5.74. The van der Waals surface area contributed by atoms with E-state index in [2.05, 4.69) is 38.1 Å². The predicted molar refractivity (Wildman–Crippen MR) is 55.8 cm³/mol. The third-order valence-electron chi connectivity index (χ3n) is 1.93. The van der Waals surface area contributed by atoms with E-state index >= 15 is 0 Å². The van der Waals surface area contributed by atoms with E-state index < -0.39 is 0 Å². The summed E-state index contributed by atoms with van der Waals surface area (Å²) in [6.45, 7) is 4.44. The van der Waals surface area contributed by atoms with Gasteiger partial charge in [-0.25, -0.2) is 0 Å². The molecule has 2 heteroatoms. The molecule has 1 rings (SSSR count). The van der Waals surface area contributed by atoms with Crippen LogP contribution in [0.2, 0.25) is 0 Å². The molecule has 0 N–H and O–H groups in total. The number of hydrogen-bond donors (Lipinski definition) is 0. The number of hydrogen-bond acceptors (Lipinski definition) is 0. The van der Waals surface area contributed by atoms with E-state index in [9.17, 15) is 0 Å². The Morgan fingerprint density at radius 3 is 2.58 bits per heavy atom. The Hall–Kier alpha value is -0.273. The Morgan fingerprint density at radius 1 is 1.33 bits per heavy atom. The van der Waals surface area contributed by atoms with Crippen LogP contribution < -0.4 is 0 Å². The normalized spacial score (nSPS) is 10.7. The van der Waals surface area contributed by atoms with Crippen molar-refractivity contribution in [1.29, 1.82) is 0 Å². The average molecular weight is 197 g/mol. The Morgan fingerprint density at radius 2 is 2.00 bits per heavy atom. The largest absolute Gasteiger partial charge is 0.176 e. The summed E-state index contributed by atoms with van der Waals surface area (Å²) in [6, 6.07) is 9.55. The highest BCUT2D eigenvalue weighted by atomic mass is 35.6. The summed E-state index contributed by atoms with van der Waals surface area (Å²) in [5.41, 5.74) is 2.84. The molecule has 64 valence electrons. The minimum atomic E-state index is 0.497. The van der Waals surface area contributed by atoms with Crippen molar-refractivity contribution in [3.63, 3.8) is 0 Å². The molecule has 0 fully saturated rings. The smallest absolute Gasteiger partial charge is 0.171 e. The highest BCUT2D eigenvalue weighted by Gasteiger charge is 2.04. The van der Waals surface area contributed by atoms with Gasteiger partial charge in [0.05, 0.1) is 0 Å². The van der Waals surface area contributed by atoms with Crippen molar-refractivity contribution < 1.29 is 0 Å². The Bertz CT molecular complexity index is 245. The van der Waals surface area contributed by atoms with Gasteiger partial charge in [-0.2, -0.15) is 11.1 Å². The van der Waals surface area contributed by atoms with Gasteiger partial charge in [0.2, 0.25) is 0 Å². The van der Waals surface area contributed by atoms with Crippen molar-refractivity contribution in [2.45, 2.75) is 25.8 Å². The molecule has 2 radical (unpaired) electrons. The van der Waals surface area contributed by atoms with Crippen LogP contribution in [0, 0.1) is 0 Å². The zero-order valence-corrected chi connectivity index (χ0v) is 9.23. The van der Waals surface area contributed by atoms with E-state index in [1.807, 2.05) is 0 Å². The van der Waals surface area contributed by atoms with Crippen molar-refractivity contribution in [2.75, 3.05) is 0 Å². The van der Waals surface area contributed by atoms with Gasteiger partial charge in [-0.15, -0.1) is 0 Å². The summed E-state index contributed by atoms with van der Waals surface area (Å²) in [5.74, 6) is 0.606. The number of halogens is 1. The van der Waals surface area contributed by atoms with Gasteiger partial charge in [-0.3, -0.25) is 0 Å². The van der Waals surface area contributed by atoms with Gasteiger partial charge in [-0.1, -0.05) is 38.1 Å². The topological polar surface area (TPSA) is 0 Å². The van der Waals surface area contributed by atoms with Crippen LogP contribution >= 0.6 is 11.1 Å². The van der Waals surface area contributed by atoms with Gasteiger partial charge in [0.15, 0.2) is 8.83 Å². The van der Waals surface area contributed by atoms with E-state index in [-0.39, 0.29) is 0 Å². The quantitative estimate of drug-likeness (QED) is 0.515. The molecule has 0 atom stereocenters. The second-order valence-corrected chi connectivity index (χ2v) is 4.59. The summed E-state index contributed by atoms with van der Waals surface area (Å²) in [5, 5.41) is 0. The van der Waals surface area contributed by atoms with Crippen LogP contribution in [-0.4, -0.2) is 8.83 Å². The van der Waals surface area contributed by atoms with Crippen molar-refractivity contribution in [2.24, 2.45) is 0 Å². The first-order chi connectivity index (χ1) is 5.75. The Kier molecular flexibility index (Phi) is 3.83.